The van der Waals surface area contributed by atoms with E-state index in [-0.39, 0.29) is 29.4 Å². The van der Waals surface area contributed by atoms with Crippen molar-refractivity contribution in [3.63, 3.8) is 0 Å². The maximum atomic E-state index is 14.6. The molecule has 4 rings (SSSR count). The molecule has 0 spiro atoms. The van der Waals surface area contributed by atoms with Gasteiger partial charge in [-0.15, -0.1) is 0 Å². The molecule has 0 aliphatic carbocycles. The number of carbonyl (C=O) groups excluding carboxylic acids is 1. The fourth-order valence-corrected chi connectivity index (χ4v) is 4.11. The number of anilines is 3. The molecule has 1 fully saturated rings. The second-order valence-electron chi connectivity index (χ2n) is 8.66. The lowest BCUT2D eigenvalue weighted by molar-refractivity contribution is 0.0962. The molecule has 0 bridgehead atoms. The van der Waals surface area contributed by atoms with Crippen molar-refractivity contribution in [1.82, 2.24) is 25.6 Å². The Morgan fingerprint density at radius 3 is 2.56 bits per heavy atom. The van der Waals surface area contributed by atoms with Gasteiger partial charge in [-0.3, -0.25) is 4.79 Å². The summed E-state index contributed by atoms with van der Waals surface area (Å²) in [6.45, 7) is 5.94. The quantitative estimate of drug-likeness (QED) is 0.434. The molecule has 1 aromatic carbocycles. The molecule has 2 atom stereocenters. The number of nitrogens with zero attached hydrogens (tertiary/aromatic N) is 4. The molecule has 1 aliphatic heterocycles. The number of carbonyl (C=O) groups is 1. The van der Waals surface area contributed by atoms with Gasteiger partial charge in [0.1, 0.15) is 12.4 Å². The van der Waals surface area contributed by atoms with Crippen LogP contribution in [0.3, 0.4) is 0 Å². The highest BCUT2D eigenvalue weighted by Crippen LogP contribution is 2.25. The van der Waals surface area contributed by atoms with Crippen LogP contribution in [0.1, 0.15) is 29.8 Å². The van der Waals surface area contributed by atoms with Crippen LogP contribution in [0.4, 0.5) is 21.8 Å². The van der Waals surface area contributed by atoms with Gasteiger partial charge in [-0.1, -0.05) is 0 Å². The first-order chi connectivity index (χ1) is 17.4. The Balaban J connectivity index is 1.41. The second-order valence-corrected chi connectivity index (χ2v) is 8.66. The van der Waals surface area contributed by atoms with Crippen LogP contribution >= 0.6 is 0 Å². The number of aromatic nitrogens is 3. The Morgan fingerprint density at radius 2 is 1.89 bits per heavy atom. The average Bonchev–Trinajstić information content (AvgIpc) is 2.88. The lowest BCUT2D eigenvalue weighted by Crippen LogP contribution is -2.54. The Kier molecular flexibility index (Phi) is 7.79. The number of ether oxygens (including phenoxy) is 2. The molecular formula is C25H30FN7O3. The lowest BCUT2D eigenvalue weighted by atomic mass is 10.1. The van der Waals surface area contributed by atoms with Crippen LogP contribution in [-0.2, 0) is 6.61 Å². The number of methoxy groups -OCH3 is 1. The number of piperazine rings is 1. The first-order valence-corrected chi connectivity index (χ1v) is 11.6. The van der Waals surface area contributed by atoms with Gasteiger partial charge < -0.3 is 30.3 Å². The topological polar surface area (TPSA) is 114 Å². The van der Waals surface area contributed by atoms with Gasteiger partial charge in [0.25, 0.3) is 5.91 Å². The molecule has 3 aromatic rings. The van der Waals surface area contributed by atoms with E-state index in [2.05, 4.69) is 49.6 Å². The molecule has 2 aromatic heterocycles. The molecule has 1 aliphatic rings. The van der Waals surface area contributed by atoms with Crippen molar-refractivity contribution in [2.75, 3.05) is 37.5 Å². The normalized spacial score (nSPS) is 17.4. The van der Waals surface area contributed by atoms with Crippen molar-refractivity contribution < 1.29 is 18.7 Å². The molecule has 3 heterocycles. The van der Waals surface area contributed by atoms with Gasteiger partial charge in [0, 0.05) is 61.3 Å². The number of hydrogen-bond acceptors (Lipinski definition) is 9. The zero-order valence-electron chi connectivity index (χ0n) is 20.7. The Morgan fingerprint density at radius 1 is 1.17 bits per heavy atom. The molecule has 1 saturated heterocycles. The number of amides is 1. The maximum Gasteiger partial charge on any atom is 0.251 e. The molecule has 0 unspecified atom stereocenters. The van der Waals surface area contributed by atoms with Gasteiger partial charge >= 0.3 is 0 Å². The highest BCUT2D eigenvalue weighted by Gasteiger charge is 2.22. The van der Waals surface area contributed by atoms with Crippen molar-refractivity contribution in [3.05, 3.63) is 59.8 Å². The number of hydrogen-bond donors (Lipinski definition) is 3. The number of halogens is 1. The predicted octanol–water partition coefficient (Wildman–Crippen LogP) is 2.89. The highest BCUT2D eigenvalue weighted by atomic mass is 19.1. The first kappa shape index (κ1) is 25.1. The van der Waals surface area contributed by atoms with E-state index in [1.807, 2.05) is 12.1 Å². The van der Waals surface area contributed by atoms with Crippen LogP contribution in [0.5, 0.6) is 11.5 Å². The molecule has 1 amide bonds. The summed E-state index contributed by atoms with van der Waals surface area (Å²) in [5.74, 6) is 0.641. The van der Waals surface area contributed by atoms with Gasteiger partial charge in [-0.25, -0.2) is 19.3 Å². The van der Waals surface area contributed by atoms with Crippen molar-refractivity contribution in [2.24, 2.45) is 0 Å². The number of rotatable bonds is 8. The molecule has 10 nitrogen and oxygen atoms in total. The SMILES string of the molecule is CNC(=O)c1cc(COc2cnc(Nc3ccnc(N4C[C@@H](C)N[C@@H](C)C4)c3)nc2)c(F)c(OC)c1. The summed E-state index contributed by atoms with van der Waals surface area (Å²) < 4.78 is 25.4. The second kappa shape index (κ2) is 11.2. The van der Waals surface area contributed by atoms with Crippen molar-refractivity contribution in [2.45, 2.75) is 32.5 Å². The van der Waals surface area contributed by atoms with E-state index in [1.165, 1.54) is 38.7 Å². The lowest BCUT2D eigenvalue weighted by Gasteiger charge is -2.37. The van der Waals surface area contributed by atoms with Crippen molar-refractivity contribution in [3.8, 4) is 11.5 Å². The maximum absolute atomic E-state index is 14.6. The molecule has 3 N–H and O–H groups in total. The average molecular weight is 496 g/mol. The molecule has 0 saturated carbocycles. The third kappa shape index (κ3) is 5.98. The summed E-state index contributed by atoms with van der Waals surface area (Å²) in [7, 11) is 2.84. The van der Waals surface area contributed by atoms with Crippen molar-refractivity contribution >= 4 is 23.4 Å². The first-order valence-electron chi connectivity index (χ1n) is 11.6. The van der Waals surface area contributed by atoms with Crippen LogP contribution in [-0.4, -0.2) is 60.2 Å². The van der Waals surface area contributed by atoms with E-state index in [9.17, 15) is 9.18 Å². The summed E-state index contributed by atoms with van der Waals surface area (Å²) in [6, 6.07) is 7.34. The molecular weight excluding hydrogens is 465 g/mol. The van der Waals surface area contributed by atoms with Crippen LogP contribution < -0.4 is 30.3 Å². The molecule has 11 heteroatoms. The summed E-state index contributed by atoms with van der Waals surface area (Å²) in [5, 5.41) is 9.20. The standard InChI is InChI=1S/C25H30FN7O3/c1-15-12-33(13-16(2)31-15)22-9-19(5-6-28-22)32-25-29-10-20(11-30-25)36-14-18-7-17(24(34)27-3)8-21(35-4)23(18)26/h5-11,15-16,31H,12-14H2,1-4H3,(H,27,34)(H,28,29,30,32)/t15-,16+. The fraction of sp³-hybridized carbons (Fsp3) is 0.360. The zero-order valence-corrected chi connectivity index (χ0v) is 20.7. The molecule has 36 heavy (non-hydrogen) atoms. The van der Waals surface area contributed by atoms with Crippen molar-refractivity contribution in [1.29, 1.82) is 0 Å². The van der Waals surface area contributed by atoms with E-state index in [4.69, 9.17) is 9.47 Å². The van der Waals surface area contributed by atoms with Crippen LogP contribution in [0.2, 0.25) is 0 Å². The van der Waals surface area contributed by atoms with Gasteiger partial charge in [0.15, 0.2) is 17.3 Å². The predicted molar refractivity (Wildman–Crippen MR) is 134 cm³/mol. The van der Waals surface area contributed by atoms with E-state index in [0.717, 1.165) is 24.6 Å². The minimum atomic E-state index is -0.592. The van der Waals surface area contributed by atoms with E-state index < -0.39 is 5.82 Å². The summed E-state index contributed by atoms with van der Waals surface area (Å²) in [6.07, 6.45) is 4.74. The van der Waals surface area contributed by atoms with Crippen LogP contribution in [0.15, 0.2) is 42.9 Å². The highest BCUT2D eigenvalue weighted by molar-refractivity contribution is 5.94. The van der Waals surface area contributed by atoms with Gasteiger partial charge in [0.05, 0.1) is 19.5 Å². The third-order valence-corrected chi connectivity index (χ3v) is 5.73. The minimum Gasteiger partial charge on any atom is -0.494 e. The van der Waals surface area contributed by atoms with Crippen LogP contribution in [0, 0.1) is 5.82 Å². The van der Waals surface area contributed by atoms with Crippen LogP contribution in [0.25, 0.3) is 0 Å². The van der Waals surface area contributed by atoms with E-state index >= 15 is 0 Å². The minimum absolute atomic E-state index is 0.0352. The molecule has 190 valence electrons. The monoisotopic (exact) mass is 495 g/mol. The third-order valence-electron chi connectivity index (χ3n) is 5.73. The van der Waals surface area contributed by atoms with Gasteiger partial charge in [-0.05, 0) is 32.0 Å². The summed E-state index contributed by atoms with van der Waals surface area (Å²) in [5.41, 5.74) is 1.26. The van der Waals surface area contributed by atoms with Gasteiger partial charge in [-0.2, -0.15) is 0 Å². The summed E-state index contributed by atoms with van der Waals surface area (Å²) >= 11 is 0. The smallest absolute Gasteiger partial charge is 0.251 e. The Labute approximate surface area is 209 Å². The van der Waals surface area contributed by atoms with E-state index in [0.29, 0.717) is 23.8 Å². The summed E-state index contributed by atoms with van der Waals surface area (Å²) in [4.78, 5) is 27.3. The number of benzene rings is 1. The van der Waals surface area contributed by atoms with E-state index in [1.54, 1.807) is 6.20 Å². The number of pyridine rings is 1. The number of nitrogens with one attached hydrogen (secondary N) is 3. The Bertz CT molecular complexity index is 1200. The largest absolute Gasteiger partial charge is 0.494 e. The Hall–Kier alpha value is -3.99. The van der Waals surface area contributed by atoms with Gasteiger partial charge in [0.2, 0.25) is 5.95 Å². The zero-order chi connectivity index (χ0) is 25.7. The fourth-order valence-electron chi connectivity index (χ4n) is 4.11. The molecule has 0 radical (unpaired) electrons.